The van der Waals surface area contributed by atoms with Crippen LogP contribution in [-0.4, -0.2) is 10.2 Å². The van der Waals surface area contributed by atoms with Crippen LogP contribution >= 0.6 is 0 Å². The monoisotopic (exact) mass is 409 g/mol. The first-order valence-electron chi connectivity index (χ1n) is 8.78. The topological polar surface area (TPSA) is 0 Å². The summed E-state index contributed by atoms with van der Waals surface area (Å²) in [5, 5.41) is 0.434. The maximum atomic E-state index is 13.1. The molecule has 30 heavy (non-hydrogen) atoms. The molecule has 3 aromatic carbocycles. The lowest BCUT2D eigenvalue weighted by atomic mass is 10.1. The van der Waals surface area contributed by atoms with Crippen LogP contribution in [0, 0.1) is 53.0 Å². The molecule has 0 aliphatic rings. The van der Waals surface area contributed by atoms with Crippen molar-refractivity contribution >= 4 is 10.2 Å². The number of allylic oxidation sites excluding steroid dienone is 2. The zero-order chi connectivity index (χ0) is 21.3. The quantitative estimate of drug-likeness (QED) is 0.363. The molecule has 3 aromatic rings. The van der Waals surface area contributed by atoms with E-state index in [9.17, 15) is 13.2 Å². The maximum absolute atomic E-state index is 13.1. The molecular formula is C26H12F3Si. The molecule has 0 spiro atoms. The Kier molecular flexibility index (Phi) is 6.96. The molecule has 0 atom stereocenters. The van der Waals surface area contributed by atoms with Gasteiger partial charge in [-0.2, -0.15) is 0 Å². The highest BCUT2D eigenvalue weighted by atomic mass is 28.1. The Balaban J connectivity index is 1.98. The van der Waals surface area contributed by atoms with Gasteiger partial charge in [0.15, 0.2) is 0 Å². The van der Waals surface area contributed by atoms with Crippen molar-refractivity contribution in [1.29, 1.82) is 0 Å². The van der Waals surface area contributed by atoms with Crippen LogP contribution in [0.4, 0.5) is 13.2 Å². The van der Waals surface area contributed by atoms with Gasteiger partial charge in [-0.05, 0) is 72.8 Å². The summed E-state index contributed by atoms with van der Waals surface area (Å²) in [6.07, 6.45) is 0. The normalized spacial score (nSPS) is 9.20. The molecule has 0 fully saturated rings. The third kappa shape index (κ3) is 6.32. The molecule has 141 valence electrons. The first kappa shape index (κ1) is 20.8. The molecule has 4 heteroatoms. The second-order valence-corrected chi connectivity index (χ2v) is 6.52. The number of rotatable bonds is 0. The Morgan fingerprint density at radius 2 is 0.800 bits per heavy atom. The summed E-state index contributed by atoms with van der Waals surface area (Å²) < 4.78 is 39.2. The van der Waals surface area contributed by atoms with Gasteiger partial charge >= 0.3 is 0 Å². The average Bonchev–Trinajstić information content (AvgIpc) is 2.75. The van der Waals surface area contributed by atoms with Crippen molar-refractivity contribution in [1.82, 2.24) is 0 Å². The molecule has 3 radical (unpaired) electrons. The van der Waals surface area contributed by atoms with Crippen molar-refractivity contribution in [3.05, 3.63) is 118 Å². The second kappa shape index (κ2) is 10.0. The van der Waals surface area contributed by atoms with Gasteiger partial charge < -0.3 is 0 Å². The molecule has 0 bridgehead atoms. The largest absolute Gasteiger partial charge is 0.207 e. The lowest BCUT2D eigenvalue weighted by Gasteiger charge is -1.94. The minimum absolute atomic E-state index is 0.342. The molecule has 0 aliphatic heterocycles. The number of hydrogen-bond acceptors (Lipinski definition) is 0. The summed E-state index contributed by atoms with van der Waals surface area (Å²) in [6.45, 7) is 0. The smallest absolute Gasteiger partial charge is 0.123 e. The van der Waals surface area contributed by atoms with Gasteiger partial charge in [0.05, 0.1) is 15.8 Å². The molecule has 0 nitrogen and oxygen atoms in total. The van der Waals surface area contributed by atoms with Crippen LogP contribution in [-0.2, 0) is 0 Å². The van der Waals surface area contributed by atoms with Gasteiger partial charge in [0, 0.05) is 21.9 Å². The summed E-state index contributed by atoms with van der Waals surface area (Å²) in [5.41, 5.74) is 2.26. The molecular weight excluding hydrogens is 397 g/mol. The molecule has 0 saturated carbocycles. The van der Waals surface area contributed by atoms with E-state index in [0.717, 1.165) is 0 Å². The molecule has 0 saturated heterocycles. The van der Waals surface area contributed by atoms with E-state index in [0.29, 0.717) is 27.5 Å². The zero-order valence-electron chi connectivity index (χ0n) is 15.6. The van der Waals surface area contributed by atoms with E-state index >= 15 is 0 Å². The molecule has 0 aromatic heterocycles. The molecule has 0 amide bonds. The van der Waals surface area contributed by atoms with Crippen LogP contribution in [0.3, 0.4) is 0 Å². The van der Waals surface area contributed by atoms with Gasteiger partial charge in [0.1, 0.15) is 17.5 Å². The summed E-state index contributed by atoms with van der Waals surface area (Å²) in [6, 6.07) is 17.3. The molecule has 0 unspecified atom stereocenters. The van der Waals surface area contributed by atoms with E-state index in [1.165, 1.54) is 36.4 Å². The first-order chi connectivity index (χ1) is 14.5. The van der Waals surface area contributed by atoms with E-state index in [-0.39, 0.29) is 17.5 Å². The maximum Gasteiger partial charge on any atom is 0.123 e. The zero-order valence-corrected chi connectivity index (χ0v) is 16.6. The first-order valence-corrected chi connectivity index (χ1v) is 9.28. The Bertz CT molecular complexity index is 1190. The van der Waals surface area contributed by atoms with Crippen molar-refractivity contribution in [2.24, 2.45) is 0 Å². The fraction of sp³-hybridized carbons (Fsp3) is 0. The highest BCUT2D eigenvalue weighted by Crippen LogP contribution is 2.06. The van der Waals surface area contributed by atoms with Gasteiger partial charge in [-0.25, -0.2) is 13.2 Å². The van der Waals surface area contributed by atoms with Gasteiger partial charge in [-0.1, -0.05) is 35.5 Å². The minimum atomic E-state index is -0.349. The summed E-state index contributed by atoms with van der Waals surface area (Å²) in [5.74, 6) is 16.5. The number of hydrogen-bond donors (Lipinski definition) is 0. The lowest BCUT2D eigenvalue weighted by molar-refractivity contribution is 0.627. The van der Waals surface area contributed by atoms with Gasteiger partial charge in [-0.15, -0.1) is 0 Å². The van der Waals surface area contributed by atoms with E-state index in [1.807, 2.05) is 0 Å². The van der Waals surface area contributed by atoms with E-state index in [1.54, 1.807) is 36.4 Å². The highest BCUT2D eigenvalue weighted by Gasteiger charge is 1.96. The number of halogens is 3. The van der Waals surface area contributed by atoms with Crippen LogP contribution in [0.1, 0.15) is 16.7 Å². The Labute approximate surface area is 176 Å². The van der Waals surface area contributed by atoms with Crippen LogP contribution in [0.25, 0.3) is 0 Å². The van der Waals surface area contributed by atoms with Gasteiger partial charge in [-0.3, -0.25) is 0 Å². The standard InChI is InChI=1S/C26H12F3Si/c27-23-12-3-19(4-13-23)1-10-22(11-2-20-5-14-24(28)15-6-20)26(30)18-9-21-7-16-25(29)17-8-21/h3-8,12-17H. The van der Waals surface area contributed by atoms with Crippen LogP contribution in [0.5, 0.6) is 0 Å². The molecule has 0 heterocycles. The van der Waals surface area contributed by atoms with Crippen molar-refractivity contribution < 1.29 is 13.2 Å². The predicted molar refractivity (Wildman–Crippen MR) is 113 cm³/mol. The van der Waals surface area contributed by atoms with Crippen LogP contribution in [0.2, 0.25) is 0 Å². The summed E-state index contributed by atoms with van der Waals surface area (Å²) in [7, 11) is 3.45. The van der Waals surface area contributed by atoms with Crippen LogP contribution < -0.4 is 0 Å². The van der Waals surface area contributed by atoms with Crippen molar-refractivity contribution in [2.75, 3.05) is 0 Å². The molecule has 0 N–H and O–H groups in total. The van der Waals surface area contributed by atoms with E-state index < -0.39 is 0 Å². The third-order valence-electron chi connectivity index (χ3n) is 3.78. The minimum Gasteiger partial charge on any atom is -0.207 e. The second-order valence-electron chi connectivity index (χ2n) is 6.02. The van der Waals surface area contributed by atoms with Crippen LogP contribution in [0.15, 0.2) is 83.6 Å². The Morgan fingerprint density at radius 1 is 0.500 bits per heavy atom. The Hall–Kier alpha value is -3.91. The van der Waals surface area contributed by atoms with E-state index in [4.69, 9.17) is 0 Å². The van der Waals surface area contributed by atoms with E-state index in [2.05, 4.69) is 45.8 Å². The fourth-order valence-electron chi connectivity index (χ4n) is 2.22. The molecule has 0 aliphatic carbocycles. The van der Waals surface area contributed by atoms with Gasteiger partial charge in [0.2, 0.25) is 0 Å². The van der Waals surface area contributed by atoms with Crippen molar-refractivity contribution in [3.8, 4) is 35.5 Å². The fourth-order valence-corrected chi connectivity index (χ4v) is 2.41. The molecule has 3 rings (SSSR count). The lowest BCUT2D eigenvalue weighted by Crippen LogP contribution is -1.87. The SMILES string of the molecule is Fc1ccc(C#CC([Si])=C(C#Cc2ccc(F)cc2)C#Cc2ccc(F)cc2)cc1. The Morgan fingerprint density at radius 3 is 1.13 bits per heavy atom. The third-order valence-corrected chi connectivity index (χ3v) is 4.15. The number of benzene rings is 3. The average molecular weight is 409 g/mol. The predicted octanol–water partition coefficient (Wildman–Crippen LogP) is 4.98. The highest BCUT2D eigenvalue weighted by molar-refractivity contribution is 6.25. The summed E-state index contributed by atoms with van der Waals surface area (Å²) in [4.78, 5) is 0. The van der Waals surface area contributed by atoms with Gasteiger partial charge in [0.25, 0.3) is 0 Å². The van der Waals surface area contributed by atoms with Crippen molar-refractivity contribution in [3.63, 3.8) is 0 Å². The van der Waals surface area contributed by atoms with Crippen molar-refractivity contribution in [2.45, 2.75) is 0 Å². The summed E-state index contributed by atoms with van der Waals surface area (Å²) >= 11 is 0.